The molecule has 1 aliphatic carbocycles. The molecule has 82 valence electrons. The molecule has 1 saturated carbocycles. The molecule has 1 heterocycles. The van der Waals surface area contributed by atoms with E-state index in [0.717, 1.165) is 11.3 Å². The molecule has 1 aromatic rings. The van der Waals surface area contributed by atoms with Crippen molar-refractivity contribution in [1.29, 1.82) is 0 Å². The molecule has 1 aromatic heterocycles. The average molecular weight is 288 g/mol. The predicted molar refractivity (Wildman–Crippen MR) is 66.5 cm³/mol. The molecule has 0 radical (unpaired) electrons. The molecule has 2 nitrogen and oxygen atoms in total. The fourth-order valence-electron chi connectivity index (χ4n) is 1.91. The van der Waals surface area contributed by atoms with E-state index in [1.165, 1.54) is 12.8 Å². The van der Waals surface area contributed by atoms with E-state index in [1.807, 2.05) is 17.5 Å². The molecule has 2 atom stereocenters. The first kappa shape index (κ1) is 11.1. The standard InChI is InChI=1S/C11H14BrNOS/c12-9-4-1-5-10(9)13-11(14)7-8-3-2-6-15-8/h2-3,6,9-10H,1,4-5,7H2,(H,13,14). The first-order valence-corrected chi connectivity index (χ1v) is 7.01. The Kier molecular flexibility index (Phi) is 3.81. The number of carbonyl (C=O) groups excluding carboxylic acids is 1. The second-order valence-corrected chi connectivity index (χ2v) is 6.09. The van der Waals surface area contributed by atoms with Crippen LogP contribution >= 0.6 is 27.3 Å². The topological polar surface area (TPSA) is 29.1 Å². The van der Waals surface area contributed by atoms with E-state index in [4.69, 9.17) is 0 Å². The van der Waals surface area contributed by atoms with Crippen molar-refractivity contribution in [2.45, 2.75) is 36.6 Å². The molecule has 2 rings (SSSR count). The summed E-state index contributed by atoms with van der Waals surface area (Å²) in [5.41, 5.74) is 0. The summed E-state index contributed by atoms with van der Waals surface area (Å²) in [6.07, 6.45) is 4.00. The van der Waals surface area contributed by atoms with Crippen LogP contribution in [0.25, 0.3) is 0 Å². The summed E-state index contributed by atoms with van der Waals surface area (Å²) in [6, 6.07) is 4.32. The van der Waals surface area contributed by atoms with Gasteiger partial charge in [-0.15, -0.1) is 11.3 Å². The van der Waals surface area contributed by atoms with Gasteiger partial charge in [0.15, 0.2) is 0 Å². The Morgan fingerprint density at radius 3 is 3.07 bits per heavy atom. The van der Waals surface area contributed by atoms with E-state index < -0.39 is 0 Å². The maximum Gasteiger partial charge on any atom is 0.225 e. The normalized spacial score (nSPS) is 25.4. The van der Waals surface area contributed by atoms with Gasteiger partial charge in [-0.25, -0.2) is 0 Å². The van der Waals surface area contributed by atoms with Crippen LogP contribution < -0.4 is 5.32 Å². The fourth-order valence-corrected chi connectivity index (χ4v) is 3.33. The SMILES string of the molecule is O=C(Cc1cccs1)NC1CCCC1Br. The molecule has 1 N–H and O–H groups in total. The van der Waals surface area contributed by atoms with E-state index in [9.17, 15) is 4.79 Å². The average Bonchev–Trinajstić information content (AvgIpc) is 2.79. The van der Waals surface area contributed by atoms with Crippen LogP contribution in [-0.4, -0.2) is 16.8 Å². The van der Waals surface area contributed by atoms with Crippen molar-refractivity contribution in [2.75, 3.05) is 0 Å². The minimum atomic E-state index is 0.147. The van der Waals surface area contributed by atoms with Gasteiger partial charge in [0, 0.05) is 15.7 Å². The van der Waals surface area contributed by atoms with Gasteiger partial charge in [-0.3, -0.25) is 4.79 Å². The van der Waals surface area contributed by atoms with Gasteiger partial charge in [0.1, 0.15) is 0 Å². The monoisotopic (exact) mass is 287 g/mol. The quantitative estimate of drug-likeness (QED) is 0.851. The van der Waals surface area contributed by atoms with Gasteiger partial charge in [-0.05, 0) is 24.3 Å². The Hall–Kier alpha value is -0.350. The Balaban J connectivity index is 1.82. The first-order chi connectivity index (χ1) is 7.25. The summed E-state index contributed by atoms with van der Waals surface area (Å²) >= 11 is 5.24. The lowest BCUT2D eigenvalue weighted by Crippen LogP contribution is -2.38. The largest absolute Gasteiger partial charge is 0.352 e. The van der Waals surface area contributed by atoms with Gasteiger partial charge in [-0.2, -0.15) is 0 Å². The summed E-state index contributed by atoms with van der Waals surface area (Å²) in [5, 5.41) is 5.09. The predicted octanol–water partition coefficient (Wildman–Crippen LogP) is 2.72. The van der Waals surface area contributed by atoms with Crippen LogP contribution in [0.15, 0.2) is 17.5 Å². The lowest BCUT2D eigenvalue weighted by Gasteiger charge is -2.15. The van der Waals surface area contributed by atoms with Crippen LogP contribution in [0.1, 0.15) is 24.1 Å². The highest BCUT2D eigenvalue weighted by Crippen LogP contribution is 2.25. The van der Waals surface area contributed by atoms with Crippen LogP contribution in [0, 0.1) is 0 Å². The summed E-state index contributed by atoms with van der Waals surface area (Å²) < 4.78 is 0. The molecule has 0 aromatic carbocycles. The molecule has 0 aliphatic heterocycles. The van der Waals surface area contributed by atoms with Gasteiger partial charge in [0.2, 0.25) is 5.91 Å². The van der Waals surface area contributed by atoms with E-state index in [2.05, 4.69) is 21.2 Å². The lowest BCUT2D eigenvalue weighted by atomic mass is 10.2. The van der Waals surface area contributed by atoms with Crippen molar-refractivity contribution in [3.05, 3.63) is 22.4 Å². The highest BCUT2D eigenvalue weighted by atomic mass is 79.9. The third-order valence-electron chi connectivity index (χ3n) is 2.69. The number of alkyl halides is 1. The van der Waals surface area contributed by atoms with Crippen LogP contribution in [0.5, 0.6) is 0 Å². The number of hydrogen-bond donors (Lipinski definition) is 1. The zero-order chi connectivity index (χ0) is 10.7. The summed E-state index contributed by atoms with van der Waals surface area (Å²) in [5.74, 6) is 0.147. The number of nitrogens with one attached hydrogen (secondary N) is 1. The number of carbonyl (C=O) groups is 1. The molecule has 2 unspecified atom stereocenters. The molecule has 0 bridgehead atoms. The number of thiophene rings is 1. The maximum absolute atomic E-state index is 11.7. The zero-order valence-electron chi connectivity index (χ0n) is 8.41. The molecule has 1 aliphatic rings. The summed E-state index contributed by atoms with van der Waals surface area (Å²) in [7, 11) is 0. The van der Waals surface area contributed by atoms with Crippen LogP contribution in [-0.2, 0) is 11.2 Å². The van der Waals surface area contributed by atoms with Gasteiger partial charge in [0.05, 0.1) is 6.42 Å². The molecule has 1 fully saturated rings. The summed E-state index contributed by atoms with van der Waals surface area (Å²) in [6.45, 7) is 0. The van der Waals surface area contributed by atoms with Crippen molar-refractivity contribution in [1.82, 2.24) is 5.32 Å². The van der Waals surface area contributed by atoms with Crippen LogP contribution in [0.3, 0.4) is 0 Å². The smallest absolute Gasteiger partial charge is 0.225 e. The van der Waals surface area contributed by atoms with Gasteiger partial charge in [-0.1, -0.05) is 28.4 Å². The van der Waals surface area contributed by atoms with Crippen LogP contribution in [0.4, 0.5) is 0 Å². The van der Waals surface area contributed by atoms with Crippen LogP contribution in [0.2, 0.25) is 0 Å². The Bertz CT molecular complexity index is 325. The Morgan fingerprint density at radius 1 is 1.60 bits per heavy atom. The molecular formula is C11H14BrNOS. The molecule has 1 amide bonds. The number of halogens is 1. The second-order valence-electron chi connectivity index (χ2n) is 3.88. The first-order valence-electron chi connectivity index (χ1n) is 5.21. The molecule has 0 saturated heterocycles. The minimum Gasteiger partial charge on any atom is -0.352 e. The molecule has 4 heteroatoms. The van der Waals surface area contributed by atoms with Gasteiger partial charge < -0.3 is 5.32 Å². The molecular weight excluding hydrogens is 274 g/mol. The second kappa shape index (κ2) is 5.12. The van der Waals surface area contributed by atoms with E-state index in [0.29, 0.717) is 17.3 Å². The Labute approximate surface area is 102 Å². The number of rotatable bonds is 3. The van der Waals surface area contributed by atoms with Crippen molar-refractivity contribution in [3.63, 3.8) is 0 Å². The third-order valence-corrected chi connectivity index (χ3v) is 4.67. The highest BCUT2D eigenvalue weighted by Gasteiger charge is 2.25. The zero-order valence-corrected chi connectivity index (χ0v) is 10.8. The van der Waals surface area contributed by atoms with E-state index in [-0.39, 0.29) is 5.91 Å². The third kappa shape index (κ3) is 3.05. The minimum absolute atomic E-state index is 0.147. The molecule has 15 heavy (non-hydrogen) atoms. The lowest BCUT2D eigenvalue weighted by molar-refractivity contribution is -0.121. The van der Waals surface area contributed by atoms with Crippen molar-refractivity contribution < 1.29 is 4.79 Å². The van der Waals surface area contributed by atoms with Crippen molar-refractivity contribution in [2.24, 2.45) is 0 Å². The number of amides is 1. The number of hydrogen-bond acceptors (Lipinski definition) is 2. The van der Waals surface area contributed by atoms with Gasteiger partial charge in [0.25, 0.3) is 0 Å². The maximum atomic E-state index is 11.7. The highest BCUT2D eigenvalue weighted by molar-refractivity contribution is 9.09. The van der Waals surface area contributed by atoms with Crippen molar-refractivity contribution >= 4 is 33.2 Å². The van der Waals surface area contributed by atoms with E-state index in [1.54, 1.807) is 11.3 Å². The van der Waals surface area contributed by atoms with Gasteiger partial charge >= 0.3 is 0 Å². The fraction of sp³-hybridized carbons (Fsp3) is 0.545. The molecule has 0 spiro atoms. The summed E-state index contributed by atoms with van der Waals surface area (Å²) in [4.78, 5) is 13.3. The van der Waals surface area contributed by atoms with E-state index >= 15 is 0 Å². The Morgan fingerprint density at radius 2 is 2.47 bits per heavy atom. The van der Waals surface area contributed by atoms with Crippen molar-refractivity contribution in [3.8, 4) is 0 Å².